The molecular formula is C10H20O2. The van der Waals surface area contributed by atoms with Crippen LogP contribution in [0.1, 0.15) is 33.1 Å². The summed E-state index contributed by atoms with van der Waals surface area (Å²) in [7, 11) is 0. The maximum absolute atomic E-state index is 9.01. The van der Waals surface area contributed by atoms with E-state index in [0.717, 1.165) is 19.6 Å². The Bertz CT molecular complexity index is 128. The fraction of sp³-hybridized carbons (Fsp3) is 1.00. The number of aliphatic hydroxyl groups excluding tert-OH is 1. The SMILES string of the molecule is CC(C)COCCC1(CO)CC1. The van der Waals surface area contributed by atoms with Gasteiger partial charge in [0.15, 0.2) is 0 Å². The van der Waals surface area contributed by atoms with Crippen molar-refractivity contribution in [3.8, 4) is 0 Å². The zero-order chi connectivity index (χ0) is 9.03. The number of hydrogen-bond donors (Lipinski definition) is 1. The molecule has 0 spiro atoms. The standard InChI is InChI=1S/C10H20O2/c1-9(2)7-12-6-5-10(8-11)3-4-10/h9,11H,3-8H2,1-2H3. The Morgan fingerprint density at radius 2 is 2.08 bits per heavy atom. The lowest BCUT2D eigenvalue weighted by Crippen LogP contribution is -2.12. The van der Waals surface area contributed by atoms with E-state index in [-0.39, 0.29) is 5.41 Å². The Kier molecular flexibility index (Phi) is 3.53. The van der Waals surface area contributed by atoms with Crippen LogP contribution in [-0.2, 0) is 4.74 Å². The largest absolute Gasteiger partial charge is 0.396 e. The van der Waals surface area contributed by atoms with Crippen LogP contribution in [-0.4, -0.2) is 24.9 Å². The van der Waals surface area contributed by atoms with E-state index in [2.05, 4.69) is 13.8 Å². The molecule has 2 heteroatoms. The third kappa shape index (κ3) is 3.11. The van der Waals surface area contributed by atoms with Crippen molar-refractivity contribution in [3.63, 3.8) is 0 Å². The molecule has 0 bridgehead atoms. The summed E-state index contributed by atoms with van der Waals surface area (Å²) >= 11 is 0. The van der Waals surface area contributed by atoms with Crippen molar-refractivity contribution in [1.29, 1.82) is 0 Å². The summed E-state index contributed by atoms with van der Waals surface area (Å²) in [5, 5.41) is 9.01. The lowest BCUT2D eigenvalue weighted by Gasteiger charge is -2.12. The van der Waals surface area contributed by atoms with Crippen molar-refractivity contribution in [3.05, 3.63) is 0 Å². The molecule has 0 aromatic heterocycles. The fourth-order valence-electron chi connectivity index (χ4n) is 1.27. The fourth-order valence-corrected chi connectivity index (χ4v) is 1.27. The molecule has 1 rings (SSSR count). The van der Waals surface area contributed by atoms with Crippen LogP contribution in [0.4, 0.5) is 0 Å². The minimum Gasteiger partial charge on any atom is -0.396 e. The van der Waals surface area contributed by atoms with Crippen LogP contribution in [0.5, 0.6) is 0 Å². The highest BCUT2D eigenvalue weighted by molar-refractivity contribution is 4.91. The van der Waals surface area contributed by atoms with Gasteiger partial charge in [-0.25, -0.2) is 0 Å². The summed E-state index contributed by atoms with van der Waals surface area (Å²) in [6.07, 6.45) is 3.42. The Balaban J connectivity index is 1.95. The van der Waals surface area contributed by atoms with E-state index in [0.29, 0.717) is 12.5 Å². The van der Waals surface area contributed by atoms with Gasteiger partial charge in [-0.2, -0.15) is 0 Å². The molecule has 0 atom stereocenters. The van der Waals surface area contributed by atoms with Crippen LogP contribution in [0, 0.1) is 11.3 Å². The maximum Gasteiger partial charge on any atom is 0.0488 e. The first-order valence-electron chi connectivity index (χ1n) is 4.87. The summed E-state index contributed by atoms with van der Waals surface area (Å²) in [6.45, 7) is 6.32. The second-order valence-corrected chi connectivity index (χ2v) is 4.38. The molecule has 0 aromatic rings. The monoisotopic (exact) mass is 172 g/mol. The molecule has 2 nitrogen and oxygen atoms in total. The smallest absolute Gasteiger partial charge is 0.0488 e. The van der Waals surface area contributed by atoms with Gasteiger partial charge in [-0.3, -0.25) is 0 Å². The third-order valence-corrected chi connectivity index (χ3v) is 2.52. The summed E-state index contributed by atoms with van der Waals surface area (Å²) in [4.78, 5) is 0. The lowest BCUT2D eigenvalue weighted by atomic mass is 10.1. The molecule has 0 radical (unpaired) electrons. The number of aliphatic hydroxyl groups is 1. The molecule has 0 unspecified atom stereocenters. The normalized spacial score (nSPS) is 20.0. The highest BCUT2D eigenvalue weighted by Gasteiger charge is 2.41. The molecule has 0 amide bonds. The highest BCUT2D eigenvalue weighted by atomic mass is 16.5. The number of rotatable bonds is 6. The average molecular weight is 172 g/mol. The second-order valence-electron chi connectivity index (χ2n) is 4.38. The van der Waals surface area contributed by atoms with E-state index < -0.39 is 0 Å². The predicted molar refractivity (Wildman–Crippen MR) is 49.0 cm³/mol. The van der Waals surface area contributed by atoms with E-state index in [4.69, 9.17) is 9.84 Å². The summed E-state index contributed by atoms with van der Waals surface area (Å²) in [5.41, 5.74) is 0.261. The van der Waals surface area contributed by atoms with Crippen LogP contribution in [0.2, 0.25) is 0 Å². The van der Waals surface area contributed by atoms with Crippen LogP contribution in [0.25, 0.3) is 0 Å². The van der Waals surface area contributed by atoms with Gasteiger partial charge in [0.05, 0.1) is 0 Å². The first kappa shape index (κ1) is 10.0. The predicted octanol–water partition coefficient (Wildman–Crippen LogP) is 1.82. The summed E-state index contributed by atoms with van der Waals surface area (Å²) < 4.78 is 5.46. The van der Waals surface area contributed by atoms with Crippen molar-refractivity contribution in [2.24, 2.45) is 11.3 Å². The minimum atomic E-state index is 0.261. The van der Waals surface area contributed by atoms with Gasteiger partial charge in [0.1, 0.15) is 0 Å². The van der Waals surface area contributed by atoms with Crippen molar-refractivity contribution >= 4 is 0 Å². The van der Waals surface area contributed by atoms with Gasteiger partial charge in [0.2, 0.25) is 0 Å². The van der Waals surface area contributed by atoms with Gasteiger partial charge in [-0.1, -0.05) is 13.8 Å². The van der Waals surface area contributed by atoms with Crippen LogP contribution in [0.15, 0.2) is 0 Å². The minimum absolute atomic E-state index is 0.261. The number of ether oxygens (including phenoxy) is 1. The highest BCUT2D eigenvalue weighted by Crippen LogP contribution is 2.48. The van der Waals surface area contributed by atoms with Gasteiger partial charge in [-0.15, -0.1) is 0 Å². The van der Waals surface area contributed by atoms with Crippen LogP contribution < -0.4 is 0 Å². The molecule has 1 saturated carbocycles. The number of hydrogen-bond acceptors (Lipinski definition) is 2. The van der Waals surface area contributed by atoms with Crippen LogP contribution in [0.3, 0.4) is 0 Å². The van der Waals surface area contributed by atoms with E-state index >= 15 is 0 Å². The van der Waals surface area contributed by atoms with Gasteiger partial charge in [0, 0.05) is 19.8 Å². The van der Waals surface area contributed by atoms with Gasteiger partial charge < -0.3 is 9.84 Å². The van der Waals surface area contributed by atoms with Gasteiger partial charge in [-0.05, 0) is 30.6 Å². The molecular weight excluding hydrogens is 152 g/mol. The topological polar surface area (TPSA) is 29.5 Å². The first-order valence-corrected chi connectivity index (χ1v) is 4.87. The summed E-state index contributed by atoms with van der Waals surface area (Å²) in [6, 6.07) is 0. The molecule has 1 aliphatic carbocycles. The molecule has 0 heterocycles. The molecule has 0 aliphatic heterocycles. The summed E-state index contributed by atoms with van der Waals surface area (Å²) in [5.74, 6) is 0.620. The molecule has 12 heavy (non-hydrogen) atoms. The van der Waals surface area contributed by atoms with E-state index in [1.165, 1.54) is 12.8 Å². The van der Waals surface area contributed by atoms with Crippen molar-refractivity contribution < 1.29 is 9.84 Å². The van der Waals surface area contributed by atoms with Crippen molar-refractivity contribution in [2.45, 2.75) is 33.1 Å². The molecule has 0 aromatic carbocycles. The lowest BCUT2D eigenvalue weighted by molar-refractivity contribution is 0.0826. The average Bonchev–Trinajstić information content (AvgIpc) is 2.79. The van der Waals surface area contributed by atoms with Crippen molar-refractivity contribution in [1.82, 2.24) is 0 Å². The maximum atomic E-state index is 9.01. The van der Waals surface area contributed by atoms with Gasteiger partial charge >= 0.3 is 0 Å². The van der Waals surface area contributed by atoms with Crippen molar-refractivity contribution in [2.75, 3.05) is 19.8 Å². The quantitative estimate of drug-likeness (QED) is 0.619. The Labute approximate surface area is 74.9 Å². The Hall–Kier alpha value is -0.0800. The zero-order valence-corrected chi connectivity index (χ0v) is 8.18. The molecule has 0 saturated heterocycles. The zero-order valence-electron chi connectivity index (χ0n) is 8.18. The molecule has 1 fully saturated rings. The van der Waals surface area contributed by atoms with E-state index in [1.54, 1.807) is 0 Å². The second kappa shape index (κ2) is 4.24. The first-order chi connectivity index (χ1) is 5.68. The Morgan fingerprint density at radius 3 is 2.50 bits per heavy atom. The van der Waals surface area contributed by atoms with Gasteiger partial charge in [0.25, 0.3) is 0 Å². The van der Waals surface area contributed by atoms with E-state index in [9.17, 15) is 0 Å². The molecule has 72 valence electrons. The molecule has 1 aliphatic rings. The molecule has 1 N–H and O–H groups in total. The third-order valence-electron chi connectivity index (χ3n) is 2.52. The Morgan fingerprint density at radius 1 is 1.42 bits per heavy atom. The van der Waals surface area contributed by atoms with Crippen LogP contribution >= 0.6 is 0 Å². The van der Waals surface area contributed by atoms with E-state index in [1.807, 2.05) is 0 Å².